The number of para-hydroxylation sites is 1. The summed E-state index contributed by atoms with van der Waals surface area (Å²) in [4.78, 5) is 24.2. The number of ether oxygens (including phenoxy) is 2. The molecule has 1 N–H and O–H groups in total. The van der Waals surface area contributed by atoms with Gasteiger partial charge in [0, 0.05) is 6.42 Å². The molecule has 0 heterocycles. The second-order valence-electron chi connectivity index (χ2n) is 5.79. The van der Waals surface area contributed by atoms with Gasteiger partial charge in [0.25, 0.3) is 5.91 Å². The monoisotopic (exact) mass is 393 g/mol. The van der Waals surface area contributed by atoms with Crippen LogP contribution in [0.15, 0.2) is 42.5 Å². The van der Waals surface area contributed by atoms with Crippen molar-refractivity contribution in [1.29, 1.82) is 0 Å². The molecule has 0 saturated heterocycles. The molecular weight excluding hydrogens is 373 g/mol. The molecule has 0 unspecified atom stereocenters. The maximum atomic E-state index is 13.0. The lowest BCUT2D eigenvalue weighted by Crippen LogP contribution is -2.30. The molecule has 0 spiro atoms. The van der Waals surface area contributed by atoms with E-state index in [2.05, 4.69) is 5.32 Å². The topological polar surface area (TPSA) is 64.6 Å². The Bertz CT molecular complexity index is 812. The zero-order valence-corrected chi connectivity index (χ0v) is 15.9. The van der Waals surface area contributed by atoms with Crippen molar-refractivity contribution in [3.8, 4) is 5.75 Å². The molecule has 144 valence electrons. The lowest BCUT2D eigenvalue weighted by molar-refractivity contribution is -0.153. The average molecular weight is 394 g/mol. The fourth-order valence-electron chi connectivity index (χ4n) is 2.38. The third kappa shape index (κ3) is 6.25. The first kappa shape index (κ1) is 20.7. The first-order chi connectivity index (χ1) is 12.9. The van der Waals surface area contributed by atoms with Gasteiger partial charge in [-0.3, -0.25) is 9.59 Å². The summed E-state index contributed by atoms with van der Waals surface area (Å²) in [7, 11) is 0. The zero-order chi connectivity index (χ0) is 19.8. The Kier molecular flexibility index (Phi) is 7.61. The number of esters is 1. The van der Waals surface area contributed by atoms with Crippen LogP contribution in [0, 0.1) is 5.82 Å². The van der Waals surface area contributed by atoms with Crippen LogP contribution in [0.5, 0.6) is 5.75 Å². The molecule has 2 aromatic carbocycles. The van der Waals surface area contributed by atoms with Crippen LogP contribution in [-0.2, 0) is 20.7 Å². The van der Waals surface area contributed by atoms with E-state index in [9.17, 15) is 14.0 Å². The van der Waals surface area contributed by atoms with Crippen LogP contribution in [0.1, 0.15) is 25.8 Å². The molecule has 0 fully saturated rings. The van der Waals surface area contributed by atoms with Crippen LogP contribution >= 0.6 is 11.6 Å². The summed E-state index contributed by atoms with van der Waals surface area (Å²) in [6.07, 6.45) is -0.465. The second-order valence-corrected chi connectivity index (χ2v) is 6.19. The third-order valence-corrected chi connectivity index (χ3v) is 4.05. The highest BCUT2D eigenvalue weighted by molar-refractivity contribution is 6.33. The molecule has 0 aliphatic rings. The van der Waals surface area contributed by atoms with Gasteiger partial charge in [-0.15, -0.1) is 0 Å². The van der Waals surface area contributed by atoms with E-state index < -0.39 is 23.8 Å². The second kappa shape index (κ2) is 9.92. The lowest BCUT2D eigenvalue weighted by atomic mass is 10.1. The maximum absolute atomic E-state index is 13.0. The first-order valence-electron chi connectivity index (χ1n) is 8.56. The van der Waals surface area contributed by atoms with E-state index in [0.29, 0.717) is 13.0 Å². The number of nitrogens with one attached hydrogen (secondary N) is 1. The summed E-state index contributed by atoms with van der Waals surface area (Å²) in [5.74, 6) is -0.838. The molecule has 0 aromatic heterocycles. The van der Waals surface area contributed by atoms with Crippen LogP contribution in [0.25, 0.3) is 0 Å². The predicted octanol–water partition coefficient (Wildman–Crippen LogP) is 4.38. The summed E-state index contributed by atoms with van der Waals surface area (Å²) in [6, 6.07) is 11.1. The molecule has 27 heavy (non-hydrogen) atoms. The van der Waals surface area contributed by atoms with Gasteiger partial charge in [0.2, 0.25) is 0 Å². The fraction of sp³-hybridized carbons (Fsp3) is 0.300. The van der Waals surface area contributed by atoms with Gasteiger partial charge in [0.05, 0.1) is 17.3 Å². The summed E-state index contributed by atoms with van der Waals surface area (Å²) < 4.78 is 23.7. The molecule has 2 rings (SSSR count). The number of anilines is 1. The Morgan fingerprint density at radius 1 is 1.22 bits per heavy atom. The van der Waals surface area contributed by atoms with Gasteiger partial charge in [-0.05, 0) is 50.1 Å². The predicted molar refractivity (Wildman–Crippen MR) is 102 cm³/mol. The molecule has 0 saturated carbocycles. The number of hydrogen-bond acceptors (Lipinski definition) is 4. The van der Waals surface area contributed by atoms with E-state index in [-0.39, 0.29) is 17.1 Å². The number of halogens is 2. The highest BCUT2D eigenvalue weighted by Gasteiger charge is 2.19. The number of aryl methyl sites for hydroxylation is 1. The summed E-state index contributed by atoms with van der Waals surface area (Å²) in [6.45, 7) is 3.88. The fourth-order valence-corrected chi connectivity index (χ4v) is 2.59. The Morgan fingerprint density at radius 2 is 1.96 bits per heavy atom. The number of carbonyl (C=O) groups is 2. The molecule has 0 bridgehead atoms. The molecule has 0 radical (unpaired) electrons. The molecule has 0 aliphatic heterocycles. The van der Waals surface area contributed by atoms with Crippen LogP contribution in [0.4, 0.5) is 10.1 Å². The van der Waals surface area contributed by atoms with Crippen molar-refractivity contribution in [3.05, 3.63) is 58.9 Å². The van der Waals surface area contributed by atoms with Crippen LogP contribution in [0.3, 0.4) is 0 Å². The number of amides is 1. The Balaban J connectivity index is 1.87. The largest absolute Gasteiger partial charge is 0.494 e. The van der Waals surface area contributed by atoms with Gasteiger partial charge in [-0.1, -0.05) is 29.8 Å². The van der Waals surface area contributed by atoms with Crippen LogP contribution in [0.2, 0.25) is 5.02 Å². The minimum absolute atomic E-state index is 0.0643. The first-order valence-corrected chi connectivity index (χ1v) is 8.94. The highest BCUT2D eigenvalue weighted by atomic mass is 35.5. The Morgan fingerprint density at radius 3 is 2.67 bits per heavy atom. The third-order valence-electron chi connectivity index (χ3n) is 3.74. The van der Waals surface area contributed by atoms with E-state index in [1.54, 1.807) is 0 Å². The molecule has 0 aliphatic carbocycles. The van der Waals surface area contributed by atoms with E-state index in [4.69, 9.17) is 21.1 Å². The molecular formula is C20H21ClFNO4. The molecule has 2 aromatic rings. The van der Waals surface area contributed by atoms with Crippen molar-refractivity contribution in [2.24, 2.45) is 0 Å². The van der Waals surface area contributed by atoms with Crippen molar-refractivity contribution in [1.82, 2.24) is 0 Å². The number of carbonyl (C=O) groups excluding carboxylic acids is 2. The van der Waals surface area contributed by atoms with Gasteiger partial charge in [-0.2, -0.15) is 0 Å². The van der Waals surface area contributed by atoms with Crippen LogP contribution in [-0.4, -0.2) is 24.6 Å². The van der Waals surface area contributed by atoms with Crippen LogP contribution < -0.4 is 10.1 Å². The van der Waals surface area contributed by atoms with Crippen molar-refractivity contribution >= 4 is 29.2 Å². The zero-order valence-electron chi connectivity index (χ0n) is 15.1. The summed E-state index contributed by atoms with van der Waals surface area (Å²) in [5.41, 5.74) is 1.14. The highest BCUT2D eigenvalue weighted by Crippen LogP contribution is 2.23. The SMILES string of the molecule is CCOc1ccccc1CCC(=O)O[C@H](C)C(=O)Nc1ccc(F)cc1Cl. The summed E-state index contributed by atoms with van der Waals surface area (Å²) in [5, 5.41) is 2.57. The van der Waals surface area contributed by atoms with E-state index >= 15 is 0 Å². The quantitative estimate of drug-likeness (QED) is 0.676. The van der Waals surface area contributed by atoms with Crippen molar-refractivity contribution < 1.29 is 23.5 Å². The van der Waals surface area contributed by atoms with Gasteiger partial charge in [-0.25, -0.2) is 4.39 Å². The lowest BCUT2D eigenvalue weighted by Gasteiger charge is -2.15. The average Bonchev–Trinajstić information content (AvgIpc) is 2.63. The van der Waals surface area contributed by atoms with Gasteiger partial charge in [0.15, 0.2) is 6.10 Å². The number of rotatable bonds is 8. The number of hydrogen-bond donors (Lipinski definition) is 1. The van der Waals surface area contributed by atoms with Crippen molar-refractivity contribution in [2.75, 3.05) is 11.9 Å². The maximum Gasteiger partial charge on any atom is 0.306 e. The van der Waals surface area contributed by atoms with Crippen molar-refractivity contribution in [2.45, 2.75) is 32.8 Å². The van der Waals surface area contributed by atoms with E-state index in [0.717, 1.165) is 17.4 Å². The van der Waals surface area contributed by atoms with E-state index in [1.807, 2.05) is 31.2 Å². The molecule has 7 heteroatoms. The number of benzene rings is 2. The summed E-state index contributed by atoms with van der Waals surface area (Å²) >= 11 is 5.87. The molecule has 5 nitrogen and oxygen atoms in total. The normalized spacial score (nSPS) is 11.6. The standard InChI is InChI=1S/C20H21ClFNO4/c1-3-26-18-7-5-4-6-14(18)8-11-19(24)27-13(2)20(25)23-17-10-9-15(22)12-16(17)21/h4-7,9-10,12-13H,3,8,11H2,1-2H3,(H,23,25)/t13-/m1/s1. The van der Waals surface area contributed by atoms with Gasteiger partial charge < -0.3 is 14.8 Å². The Labute approximate surface area is 162 Å². The minimum Gasteiger partial charge on any atom is -0.494 e. The molecule has 1 atom stereocenters. The smallest absolute Gasteiger partial charge is 0.306 e. The molecule has 1 amide bonds. The Hall–Kier alpha value is -2.60. The van der Waals surface area contributed by atoms with E-state index in [1.165, 1.54) is 19.1 Å². The van der Waals surface area contributed by atoms with Gasteiger partial charge >= 0.3 is 5.97 Å². The van der Waals surface area contributed by atoms with Gasteiger partial charge in [0.1, 0.15) is 11.6 Å². The minimum atomic E-state index is -1.01. The van der Waals surface area contributed by atoms with Crippen molar-refractivity contribution in [3.63, 3.8) is 0 Å².